The van der Waals surface area contributed by atoms with Crippen molar-refractivity contribution in [2.75, 3.05) is 0 Å². The average Bonchev–Trinajstić information content (AvgIpc) is 1.69. The number of rotatable bonds is 11. The molecule has 2 aliphatic rings. The number of ether oxygens (including phenoxy) is 2. The van der Waals surface area contributed by atoms with Gasteiger partial charge in [-0.2, -0.15) is 0 Å². The van der Waals surface area contributed by atoms with Crippen LogP contribution in [0.25, 0.3) is 33.2 Å². The Hall–Kier alpha value is -10.3. The molecule has 84 heavy (non-hydrogen) atoms. The van der Waals surface area contributed by atoms with Gasteiger partial charge in [0.05, 0.1) is 22.0 Å². The normalized spacial score (nSPS) is 12.2. The summed E-state index contributed by atoms with van der Waals surface area (Å²) in [5.41, 5.74) is 16.8. The standard InChI is InChI=1S/C39H26BNO.C39H28ClNO/c1-4-14-27(15-5-1)39(28-16-6-2-7-17-28,29-18-8-3-9-19-29)31-26-41-34-23-13-25-36-37(34)40(32-21-10-11-24-35(32)42-36)33-22-12-20-30(31)38(33)41;40-38-36(26-15-27-37(38)42-32-22-11-4-12-23-32)41-28-34(33-24-13-14-25-35(33)41)39(29-16-5-1-6-17-29,30-18-7-2-8-19-30)31-20-9-3-10-21-31/h1-26H;1-28H. The average molecular weight is 1100 g/mol. The molecule has 0 aliphatic carbocycles. The number of fused-ring (bicyclic) bond motifs is 5. The third-order valence-corrected chi connectivity index (χ3v) is 17.5. The largest absolute Gasteiger partial charge is 0.458 e. The van der Waals surface area contributed by atoms with Crippen LogP contribution in [0.1, 0.15) is 44.5 Å². The summed E-state index contributed by atoms with van der Waals surface area (Å²) in [7, 11) is 0. The molecule has 16 rings (SSSR count). The fraction of sp³-hybridized carbons (Fsp3) is 0.0256. The highest BCUT2D eigenvalue weighted by Crippen LogP contribution is 2.51. The number of halogens is 1. The summed E-state index contributed by atoms with van der Waals surface area (Å²) >= 11 is 7.12. The van der Waals surface area contributed by atoms with Gasteiger partial charge in [-0.3, -0.25) is 0 Å². The van der Waals surface area contributed by atoms with Crippen molar-refractivity contribution in [3.05, 3.63) is 377 Å². The van der Waals surface area contributed by atoms with Gasteiger partial charge in [-0.1, -0.05) is 279 Å². The molecule has 0 atom stereocenters. The fourth-order valence-corrected chi connectivity index (χ4v) is 13.9. The highest BCUT2D eigenvalue weighted by molar-refractivity contribution is 6.99. The Balaban J connectivity index is 0.000000143. The molecule has 0 spiro atoms. The van der Waals surface area contributed by atoms with Crippen LogP contribution in [0.5, 0.6) is 23.0 Å². The summed E-state index contributed by atoms with van der Waals surface area (Å²) in [5, 5.41) is 2.97. The van der Waals surface area contributed by atoms with E-state index in [4.69, 9.17) is 21.1 Å². The highest BCUT2D eigenvalue weighted by Gasteiger charge is 2.45. The van der Waals surface area contributed by atoms with E-state index in [1.165, 1.54) is 77.5 Å². The van der Waals surface area contributed by atoms with Crippen LogP contribution < -0.4 is 25.9 Å². The second kappa shape index (κ2) is 21.2. The van der Waals surface area contributed by atoms with Crippen molar-refractivity contribution in [3.63, 3.8) is 0 Å². The molecular formula is C78H54BClN2O2. The molecule has 0 saturated carbocycles. The minimum absolute atomic E-state index is 0.111. The van der Waals surface area contributed by atoms with E-state index in [0.29, 0.717) is 10.8 Å². The molecule has 398 valence electrons. The SMILES string of the molecule is Clc1c(Oc2ccccc2)cccc1-n1cc(C(c2ccccc2)(c2ccccc2)c2ccccc2)c2ccccc21.c1ccc(C(c2ccccc2)(c2ccccc2)c2cn3c4c(cccc24)B2c4ccccc4Oc4cccc-3c42)cc1. The molecular weight excluding hydrogens is 1040 g/mol. The maximum atomic E-state index is 7.12. The third-order valence-electron chi connectivity index (χ3n) is 17.1. The molecule has 0 bridgehead atoms. The number of hydrogen-bond donors (Lipinski definition) is 0. The Kier molecular flexibility index (Phi) is 12.8. The first kappa shape index (κ1) is 50.6. The Bertz CT molecular complexity index is 4470. The van der Waals surface area contributed by atoms with Gasteiger partial charge in [0.2, 0.25) is 0 Å². The lowest BCUT2D eigenvalue weighted by Gasteiger charge is -2.36. The van der Waals surface area contributed by atoms with E-state index in [1.807, 2.05) is 48.5 Å². The first-order chi connectivity index (χ1) is 41.6. The van der Waals surface area contributed by atoms with Crippen LogP contribution in [0.4, 0.5) is 0 Å². The van der Waals surface area contributed by atoms with Gasteiger partial charge in [0.25, 0.3) is 6.71 Å². The molecule has 0 saturated heterocycles. The van der Waals surface area contributed by atoms with Crippen molar-refractivity contribution in [2.45, 2.75) is 10.8 Å². The zero-order chi connectivity index (χ0) is 56.0. The molecule has 0 unspecified atom stereocenters. The molecule has 4 heterocycles. The second-order valence-corrected chi connectivity index (χ2v) is 21.9. The van der Waals surface area contributed by atoms with Crippen molar-refractivity contribution in [1.29, 1.82) is 0 Å². The maximum Gasteiger partial charge on any atom is 0.256 e. The fourth-order valence-electron chi connectivity index (χ4n) is 13.7. The van der Waals surface area contributed by atoms with Gasteiger partial charge >= 0.3 is 0 Å². The van der Waals surface area contributed by atoms with Gasteiger partial charge < -0.3 is 18.6 Å². The minimum atomic E-state index is -0.584. The Labute approximate surface area is 494 Å². The van der Waals surface area contributed by atoms with Gasteiger partial charge in [0.15, 0.2) is 0 Å². The van der Waals surface area contributed by atoms with Crippen LogP contribution >= 0.6 is 11.6 Å². The van der Waals surface area contributed by atoms with Crippen LogP contribution in [0.3, 0.4) is 0 Å². The smallest absolute Gasteiger partial charge is 0.256 e. The van der Waals surface area contributed by atoms with E-state index in [1.54, 1.807) is 0 Å². The number of nitrogens with zero attached hydrogens (tertiary/aromatic N) is 2. The molecule has 0 fully saturated rings. The first-order valence-electron chi connectivity index (χ1n) is 28.6. The lowest BCUT2D eigenvalue weighted by Crippen LogP contribution is -2.58. The predicted octanol–water partition coefficient (Wildman–Crippen LogP) is 17.4. The summed E-state index contributed by atoms with van der Waals surface area (Å²) in [6, 6.07) is 111. The van der Waals surface area contributed by atoms with Crippen LogP contribution in [0.15, 0.2) is 328 Å². The number of aromatic nitrogens is 2. The van der Waals surface area contributed by atoms with Crippen LogP contribution in [-0.4, -0.2) is 15.8 Å². The predicted molar refractivity (Wildman–Crippen MR) is 346 cm³/mol. The van der Waals surface area contributed by atoms with Crippen molar-refractivity contribution < 1.29 is 9.47 Å². The first-order valence-corrected chi connectivity index (χ1v) is 29.0. The topological polar surface area (TPSA) is 28.3 Å². The van der Waals surface area contributed by atoms with Gasteiger partial charge in [0.1, 0.15) is 28.0 Å². The minimum Gasteiger partial charge on any atom is -0.458 e. The zero-order valence-corrected chi connectivity index (χ0v) is 46.6. The van der Waals surface area contributed by atoms with Crippen molar-refractivity contribution in [3.8, 4) is 34.4 Å². The van der Waals surface area contributed by atoms with Crippen LogP contribution in [0, 0.1) is 0 Å². The molecule has 2 aromatic heterocycles. The molecule has 14 aromatic rings. The molecule has 4 nitrogen and oxygen atoms in total. The molecule has 12 aromatic carbocycles. The molecule has 0 radical (unpaired) electrons. The van der Waals surface area contributed by atoms with Crippen molar-refractivity contribution in [1.82, 2.24) is 9.13 Å². The van der Waals surface area contributed by atoms with Crippen LogP contribution in [0.2, 0.25) is 5.02 Å². The molecule has 6 heteroatoms. The number of para-hydroxylation sites is 4. The third kappa shape index (κ3) is 8.14. The number of benzene rings is 12. The van der Waals surface area contributed by atoms with E-state index in [-0.39, 0.29) is 6.71 Å². The van der Waals surface area contributed by atoms with Gasteiger partial charge in [-0.05, 0) is 109 Å². The van der Waals surface area contributed by atoms with Gasteiger partial charge in [-0.25, -0.2) is 0 Å². The summed E-state index contributed by atoms with van der Waals surface area (Å²) in [5.74, 6) is 3.23. The Morgan fingerprint density at radius 1 is 0.345 bits per heavy atom. The van der Waals surface area contributed by atoms with Crippen molar-refractivity contribution >= 4 is 56.5 Å². The molecule has 2 aliphatic heterocycles. The highest BCUT2D eigenvalue weighted by atomic mass is 35.5. The van der Waals surface area contributed by atoms with E-state index in [2.05, 4.69) is 288 Å². The van der Waals surface area contributed by atoms with Gasteiger partial charge in [-0.15, -0.1) is 0 Å². The van der Waals surface area contributed by atoms with Gasteiger partial charge in [0, 0.05) is 34.4 Å². The van der Waals surface area contributed by atoms with Crippen LogP contribution in [-0.2, 0) is 10.8 Å². The van der Waals surface area contributed by atoms with E-state index in [9.17, 15) is 0 Å². The number of hydrogen-bond acceptors (Lipinski definition) is 2. The maximum absolute atomic E-state index is 7.12. The Morgan fingerprint density at radius 2 is 0.750 bits per heavy atom. The quantitative estimate of drug-likeness (QED) is 0.0954. The summed E-state index contributed by atoms with van der Waals surface area (Å²) < 4.78 is 17.4. The summed E-state index contributed by atoms with van der Waals surface area (Å²) in [6.07, 6.45) is 4.65. The van der Waals surface area contributed by atoms with Crippen molar-refractivity contribution in [2.24, 2.45) is 0 Å². The summed E-state index contributed by atoms with van der Waals surface area (Å²) in [4.78, 5) is 0. The lowest BCUT2D eigenvalue weighted by atomic mass is 9.34. The lowest BCUT2D eigenvalue weighted by molar-refractivity contribution is 0.482. The monoisotopic (exact) mass is 1100 g/mol. The van der Waals surface area contributed by atoms with E-state index < -0.39 is 10.8 Å². The van der Waals surface area contributed by atoms with E-state index >= 15 is 0 Å². The Morgan fingerprint density at radius 3 is 1.31 bits per heavy atom. The molecule has 0 amide bonds. The zero-order valence-electron chi connectivity index (χ0n) is 45.8. The second-order valence-electron chi connectivity index (χ2n) is 21.5. The molecule has 0 N–H and O–H groups in total. The van der Waals surface area contributed by atoms with E-state index in [0.717, 1.165) is 33.8 Å². The summed E-state index contributed by atoms with van der Waals surface area (Å²) in [6.45, 7) is 0.111.